The van der Waals surface area contributed by atoms with Crippen LogP contribution >= 0.6 is 11.8 Å². The van der Waals surface area contributed by atoms with Crippen LogP contribution in [0.25, 0.3) is 5.69 Å². The molecule has 28 heavy (non-hydrogen) atoms. The van der Waals surface area contributed by atoms with Gasteiger partial charge < -0.3 is 10.6 Å². The summed E-state index contributed by atoms with van der Waals surface area (Å²) in [5.41, 5.74) is 7.19. The average molecular weight is 395 g/mol. The fourth-order valence-corrected chi connectivity index (χ4v) is 3.48. The van der Waals surface area contributed by atoms with Gasteiger partial charge in [-0.15, -0.1) is 10.2 Å². The smallest absolute Gasteiger partial charge is 0.233 e. The summed E-state index contributed by atoms with van der Waals surface area (Å²) >= 11 is 1.31. The quantitative estimate of drug-likeness (QED) is 0.561. The van der Waals surface area contributed by atoms with Crippen molar-refractivity contribution in [1.29, 1.82) is 0 Å². The molecule has 144 valence electrons. The molecule has 1 aromatic heterocycles. The van der Waals surface area contributed by atoms with Gasteiger partial charge in [0.2, 0.25) is 11.8 Å². The highest BCUT2D eigenvalue weighted by Crippen LogP contribution is 2.20. The Kier molecular flexibility index (Phi) is 6.80. The highest BCUT2D eigenvalue weighted by molar-refractivity contribution is 7.99. The number of thioether (sulfide) groups is 1. The van der Waals surface area contributed by atoms with E-state index in [1.54, 1.807) is 11.2 Å². The second kappa shape index (κ2) is 9.70. The van der Waals surface area contributed by atoms with E-state index in [0.717, 1.165) is 11.3 Å². The normalized spacial score (nSPS) is 10.6. The summed E-state index contributed by atoms with van der Waals surface area (Å²) in [5, 5.41) is 8.70. The summed E-state index contributed by atoms with van der Waals surface area (Å²) in [4.78, 5) is 25.6. The average Bonchev–Trinajstić information content (AvgIpc) is 3.19. The molecule has 0 saturated carbocycles. The third-order valence-corrected chi connectivity index (χ3v) is 5.00. The predicted octanol–water partition coefficient (Wildman–Crippen LogP) is 2.26. The topological polar surface area (TPSA) is 94.1 Å². The zero-order chi connectivity index (χ0) is 19.8. The van der Waals surface area contributed by atoms with Crippen LogP contribution in [0.3, 0.4) is 0 Å². The predicted molar refractivity (Wildman–Crippen MR) is 108 cm³/mol. The van der Waals surface area contributed by atoms with Crippen LogP contribution in [0.2, 0.25) is 0 Å². The number of nitrogens with two attached hydrogens (primary N) is 1. The van der Waals surface area contributed by atoms with Crippen LogP contribution in [0.5, 0.6) is 0 Å². The van der Waals surface area contributed by atoms with Crippen LogP contribution in [-0.2, 0) is 16.1 Å². The van der Waals surface area contributed by atoms with Gasteiger partial charge in [0.25, 0.3) is 0 Å². The van der Waals surface area contributed by atoms with Crippen molar-refractivity contribution in [2.24, 2.45) is 5.73 Å². The number of hydrogen-bond acceptors (Lipinski definition) is 5. The molecule has 0 spiro atoms. The van der Waals surface area contributed by atoms with E-state index >= 15 is 0 Å². The monoisotopic (exact) mass is 395 g/mol. The maximum absolute atomic E-state index is 12.8. The molecule has 2 amide bonds. The maximum Gasteiger partial charge on any atom is 0.233 e. The molecule has 0 radical (unpaired) electrons. The van der Waals surface area contributed by atoms with Crippen molar-refractivity contribution in [1.82, 2.24) is 19.7 Å². The van der Waals surface area contributed by atoms with Crippen molar-refractivity contribution in [2.75, 3.05) is 12.3 Å². The molecule has 2 N–H and O–H groups in total. The molecule has 3 rings (SSSR count). The van der Waals surface area contributed by atoms with Gasteiger partial charge in [-0.25, -0.2) is 0 Å². The molecule has 7 nitrogen and oxygen atoms in total. The van der Waals surface area contributed by atoms with Crippen LogP contribution in [0, 0.1) is 0 Å². The Morgan fingerprint density at radius 2 is 1.71 bits per heavy atom. The number of primary amides is 1. The Bertz CT molecular complexity index is 915. The lowest BCUT2D eigenvalue weighted by atomic mass is 10.2. The number of carbonyl (C=O) groups excluding carboxylic acids is 2. The summed E-state index contributed by atoms with van der Waals surface area (Å²) in [5.74, 6) is -0.322. The highest BCUT2D eigenvalue weighted by atomic mass is 32.2. The first-order valence-corrected chi connectivity index (χ1v) is 9.80. The molecule has 0 bridgehead atoms. The minimum Gasteiger partial charge on any atom is -0.370 e. The number of benzene rings is 2. The van der Waals surface area contributed by atoms with Crippen molar-refractivity contribution in [3.63, 3.8) is 0 Å². The molecular formula is C20H21N5O2S. The lowest BCUT2D eigenvalue weighted by molar-refractivity contribution is -0.129. The van der Waals surface area contributed by atoms with Crippen molar-refractivity contribution in [3.8, 4) is 5.69 Å². The molecule has 3 aromatic rings. The Balaban J connectivity index is 1.67. The lowest BCUT2D eigenvalue weighted by Gasteiger charge is -2.22. The van der Waals surface area contributed by atoms with Crippen LogP contribution in [0.1, 0.15) is 12.0 Å². The van der Waals surface area contributed by atoms with Crippen LogP contribution in [0.15, 0.2) is 72.1 Å². The van der Waals surface area contributed by atoms with Crippen molar-refractivity contribution >= 4 is 23.6 Å². The van der Waals surface area contributed by atoms with Gasteiger partial charge in [-0.3, -0.25) is 14.2 Å². The fraction of sp³-hybridized carbons (Fsp3) is 0.200. The Hall–Kier alpha value is -3.13. The number of rotatable bonds is 9. The van der Waals surface area contributed by atoms with E-state index in [0.29, 0.717) is 11.7 Å². The van der Waals surface area contributed by atoms with E-state index in [1.165, 1.54) is 11.8 Å². The molecule has 0 aliphatic heterocycles. The first-order chi connectivity index (χ1) is 13.6. The largest absolute Gasteiger partial charge is 0.370 e. The summed E-state index contributed by atoms with van der Waals surface area (Å²) in [7, 11) is 0. The molecule has 0 fully saturated rings. The fourth-order valence-electron chi connectivity index (χ4n) is 2.65. The van der Waals surface area contributed by atoms with Gasteiger partial charge in [-0.05, 0) is 17.7 Å². The second-order valence-corrected chi connectivity index (χ2v) is 7.07. The van der Waals surface area contributed by atoms with Gasteiger partial charge >= 0.3 is 0 Å². The summed E-state index contributed by atoms with van der Waals surface area (Å²) in [6.07, 6.45) is 1.75. The number of aromatic nitrogens is 3. The van der Waals surface area contributed by atoms with E-state index in [9.17, 15) is 9.59 Å². The summed E-state index contributed by atoms with van der Waals surface area (Å²) < 4.78 is 1.84. The van der Waals surface area contributed by atoms with Crippen molar-refractivity contribution in [3.05, 3.63) is 72.6 Å². The molecule has 0 unspecified atom stereocenters. The van der Waals surface area contributed by atoms with Crippen molar-refractivity contribution < 1.29 is 9.59 Å². The zero-order valence-corrected chi connectivity index (χ0v) is 16.1. The van der Waals surface area contributed by atoms with Gasteiger partial charge in [0.1, 0.15) is 6.33 Å². The molecule has 0 aliphatic rings. The molecule has 1 heterocycles. The maximum atomic E-state index is 12.8. The first-order valence-electron chi connectivity index (χ1n) is 8.82. The Labute approximate surface area is 167 Å². The highest BCUT2D eigenvalue weighted by Gasteiger charge is 2.17. The van der Waals surface area contributed by atoms with Gasteiger partial charge in [0, 0.05) is 25.2 Å². The van der Waals surface area contributed by atoms with Gasteiger partial charge in [0.15, 0.2) is 5.16 Å². The number of amides is 2. The van der Waals surface area contributed by atoms with Gasteiger partial charge in [0.05, 0.1) is 5.75 Å². The standard InChI is InChI=1S/C20H21N5O2S/c21-18(26)11-12-24(13-16-7-3-1-4-8-16)19(27)14-28-20-23-22-15-25(20)17-9-5-2-6-10-17/h1-10,15H,11-14H2,(H2,21,26). The number of para-hydroxylation sites is 1. The Morgan fingerprint density at radius 3 is 2.39 bits per heavy atom. The minimum atomic E-state index is -0.428. The van der Waals surface area contributed by atoms with E-state index in [4.69, 9.17) is 5.73 Å². The van der Waals surface area contributed by atoms with Crippen LogP contribution in [-0.4, -0.2) is 43.8 Å². The van der Waals surface area contributed by atoms with Crippen molar-refractivity contribution in [2.45, 2.75) is 18.1 Å². The molecule has 8 heteroatoms. The van der Waals surface area contributed by atoms with Gasteiger partial charge in [-0.1, -0.05) is 60.3 Å². The van der Waals surface area contributed by atoms with E-state index in [2.05, 4.69) is 10.2 Å². The van der Waals surface area contributed by atoms with E-state index in [1.807, 2.05) is 65.2 Å². The lowest BCUT2D eigenvalue weighted by Crippen LogP contribution is -2.34. The van der Waals surface area contributed by atoms with E-state index in [-0.39, 0.29) is 24.6 Å². The summed E-state index contributed by atoms with van der Waals surface area (Å²) in [6.45, 7) is 0.716. The molecule has 2 aromatic carbocycles. The third kappa shape index (κ3) is 5.43. The zero-order valence-electron chi connectivity index (χ0n) is 15.3. The third-order valence-electron chi connectivity index (χ3n) is 4.07. The number of hydrogen-bond donors (Lipinski definition) is 1. The Morgan fingerprint density at radius 1 is 1.04 bits per heavy atom. The minimum absolute atomic E-state index is 0.0854. The second-order valence-electron chi connectivity index (χ2n) is 6.12. The number of nitrogens with zero attached hydrogens (tertiary/aromatic N) is 4. The molecule has 0 atom stereocenters. The van der Waals surface area contributed by atoms with Gasteiger partial charge in [-0.2, -0.15) is 0 Å². The molecule has 0 aliphatic carbocycles. The molecule has 0 saturated heterocycles. The SMILES string of the molecule is NC(=O)CCN(Cc1ccccc1)C(=O)CSc1nncn1-c1ccccc1. The number of carbonyl (C=O) groups is 2. The van der Waals surface area contributed by atoms with Crippen LogP contribution in [0.4, 0.5) is 0 Å². The van der Waals surface area contributed by atoms with E-state index < -0.39 is 5.91 Å². The first kappa shape index (κ1) is 19.6. The van der Waals surface area contributed by atoms with Crippen LogP contribution < -0.4 is 5.73 Å². The molecular weight excluding hydrogens is 374 g/mol. The summed E-state index contributed by atoms with van der Waals surface area (Å²) in [6, 6.07) is 19.4.